The number of hydrogen-bond donors (Lipinski definition) is 1. The highest BCUT2D eigenvalue weighted by Gasteiger charge is 2.34. The second-order valence-corrected chi connectivity index (χ2v) is 4.75. The summed E-state index contributed by atoms with van der Waals surface area (Å²) in [4.78, 5) is 4.42. The average Bonchev–Trinajstić information content (AvgIpc) is 2.79. The molecule has 0 aromatic carbocycles. The van der Waals surface area contributed by atoms with Crippen molar-refractivity contribution in [3.05, 3.63) is 29.6 Å². The number of ether oxygens (including phenoxy) is 1. The standard InChI is InChI=1S/C14H21NO2/c1-3-5-12(17-2)14(16)11-8-7-10-6-4-9-15-13(10)11/h4,6,9,11-12,14,16H,3,5,7-8H2,1-2H3. The highest BCUT2D eigenvalue weighted by Crippen LogP contribution is 2.35. The molecule has 1 aliphatic rings. The van der Waals surface area contributed by atoms with Crippen molar-refractivity contribution in [3.63, 3.8) is 0 Å². The second kappa shape index (κ2) is 5.61. The molecule has 0 aliphatic heterocycles. The van der Waals surface area contributed by atoms with E-state index >= 15 is 0 Å². The number of aliphatic hydroxyl groups is 1. The van der Waals surface area contributed by atoms with E-state index in [0.29, 0.717) is 0 Å². The van der Waals surface area contributed by atoms with Crippen LogP contribution < -0.4 is 0 Å². The van der Waals surface area contributed by atoms with Crippen molar-refractivity contribution in [1.29, 1.82) is 0 Å². The fourth-order valence-corrected chi connectivity index (χ4v) is 2.75. The number of aryl methyl sites for hydroxylation is 1. The summed E-state index contributed by atoms with van der Waals surface area (Å²) in [6, 6.07) is 4.07. The molecule has 94 valence electrons. The number of methoxy groups -OCH3 is 1. The Morgan fingerprint density at radius 2 is 2.41 bits per heavy atom. The van der Waals surface area contributed by atoms with Crippen LogP contribution in [0.4, 0.5) is 0 Å². The topological polar surface area (TPSA) is 42.4 Å². The van der Waals surface area contributed by atoms with Gasteiger partial charge in [-0.15, -0.1) is 0 Å². The zero-order valence-electron chi connectivity index (χ0n) is 10.6. The summed E-state index contributed by atoms with van der Waals surface area (Å²) in [6.45, 7) is 2.11. The molecule has 0 saturated carbocycles. The number of pyridine rings is 1. The Morgan fingerprint density at radius 1 is 1.59 bits per heavy atom. The summed E-state index contributed by atoms with van der Waals surface area (Å²) in [5.74, 6) is 0.141. The molecule has 3 heteroatoms. The van der Waals surface area contributed by atoms with E-state index in [4.69, 9.17) is 4.74 Å². The third-order valence-corrected chi connectivity index (χ3v) is 3.67. The molecule has 3 atom stereocenters. The number of aliphatic hydroxyl groups excluding tert-OH is 1. The molecule has 3 nitrogen and oxygen atoms in total. The minimum absolute atomic E-state index is 0.0713. The molecule has 0 spiro atoms. The summed E-state index contributed by atoms with van der Waals surface area (Å²) < 4.78 is 5.40. The lowest BCUT2D eigenvalue weighted by molar-refractivity contribution is -0.0300. The highest BCUT2D eigenvalue weighted by atomic mass is 16.5. The smallest absolute Gasteiger partial charge is 0.0885 e. The van der Waals surface area contributed by atoms with Gasteiger partial charge in [0.15, 0.2) is 0 Å². The minimum Gasteiger partial charge on any atom is -0.390 e. The van der Waals surface area contributed by atoms with Gasteiger partial charge < -0.3 is 9.84 Å². The third-order valence-electron chi connectivity index (χ3n) is 3.67. The summed E-state index contributed by atoms with van der Waals surface area (Å²) in [7, 11) is 1.68. The van der Waals surface area contributed by atoms with Crippen LogP contribution in [0.5, 0.6) is 0 Å². The normalized spacial score (nSPS) is 22.2. The van der Waals surface area contributed by atoms with Crippen molar-refractivity contribution >= 4 is 0 Å². The van der Waals surface area contributed by atoms with Crippen LogP contribution in [0.3, 0.4) is 0 Å². The van der Waals surface area contributed by atoms with E-state index < -0.39 is 6.10 Å². The van der Waals surface area contributed by atoms with Crippen molar-refractivity contribution in [3.8, 4) is 0 Å². The van der Waals surface area contributed by atoms with Crippen molar-refractivity contribution in [2.24, 2.45) is 0 Å². The Bertz CT molecular complexity index is 367. The van der Waals surface area contributed by atoms with E-state index in [1.165, 1.54) is 5.56 Å². The molecule has 1 aromatic rings. The van der Waals surface area contributed by atoms with Gasteiger partial charge in [-0.1, -0.05) is 19.4 Å². The van der Waals surface area contributed by atoms with E-state index in [2.05, 4.69) is 18.0 Å². The van der Waals surface area contributed by atoms with E-state index in [1.54, 1.807) is 7.11 Å². The van der Waals surface area contributed by atoms with Gasteiger partial charge in [0.2, 0.25) is 0 Å². The van der Waals surface area contributed by atoms with Gasteiger partial charge in [-0.25, -0.2) is 0 Å². The van der Waals surface area contributed by atoms with Crippen molar-refractivity contribution < 1.29 is 9.84 Å². The summed E-state index contributed by atoms with van der Waals surface area (Å²) in [6.07, 6.45) is 5.23. The number of hydrogen-bond acceptors (Lipinski definition) is 3. The summed E-state index contributed by atoms with van der Waals surface area (Å²) >= 11 is 0. The van der Waals surface area contributed by atoms with Crippen molar-refractivity contribution in [1.82, 2.24) is 4.98 Å². The molecule has 3 unspecified atom stereocenters. The largest absolute Gasteiger partial charge is 0.390 e. The van der Waals surface area contributed by atoms with Crippen LogP contribution >= 0.6 is 0 Å². The maximum absolute atomic E-state index is 10.4. The number of rotatable bonds is 5. The molecular formula is C14H21NO2. The van der Waals surface area contributed by atoms with Crippen LogP contribution in [0.15, 0.2) is 18.3 Å². The van der Waals surface area contributed by atoms with Gasteiger partial charge in [0, 0.05) is 24.9 Å². The maximum atomic E-state index is 10.4. The lowest BCUT2D eigenvalue weighted by Gasteiger charge is -2.26. The van der Waals surface area contributed by atoms with E-state index in [-0.39, 0.29) is 12.0 Å². The van der Waals surface area contributed by atoms with E-state index in [9.17, 15) is 5.11 Å². The molecule has 1 aliphatic carbocycles. The van der Waals surface area contributed by atoms with Gasteiger partial charge in [-0.3, -0.25) is 4.98 Å². The molecule has 0 saturated heterocycles. The van der Waals surface area contributed by atoms with Crippen LogP contribution in [0.25, 0.3) is 0 Å². The van der Waals surface area contributed by atoms with Crippen LogP contribution in [0, 0.1) is 0 Å². The Balaban J connectivity index is 2.13. The molecular weight excluding hydrogens is 214 g/mol. The van der Waals surface area contributed by atoms with Crippen molar-refractivity contribution in [2.45, 2.75) is 50.7 Å². The molecule has 0 bridgehead atoms. The number of fused-ring (bicyclic) bond motifs is 1. The SMILES string of the molecule is CCCC(OC)C(O)C1CCc2cccnc21. The van der Waals surface area contributed by atoms with Gasteiger partial charge in [0.1, 0.15) is 0 Å². The first-order valence-electron chi connectivity index (χ1n) is 6.42. The zero-order valence-corrected chi connectivity index (χ0v) is 10.6. The van der Waals surface area contributed by atoms with Gasteiger partial charge in [0.25, 0.3) is 0 Å². The number of nitrogens with zero attached hydrogens (tertiary/aromatic N) is 1. The predicted octanol–water partition coefficient (Wildman–Crippen LogP) is 2.29. The quantitative estimate of drug-likeness (QED) is 0.851. The van der Waals surface area contributed by atoms with Crippen LogP contribution in [-0.4, -0.2) is 29.4 Å². The zero-order chi connectivity index (χ0) is 12.3. The minimum atomic E-state index is -0.434. The average molecular weight is 235 g/mol. The van der Waals surface area contributed by atoms with E-state index in [0.717, 1.165) is 31.4 Å². The predicted molar refractivity (Wildman–Crippen MR) is 67.0 cm³/mol. The molecule has 1 aromatic heterocycles. The lowest BCUT2D eigenvalue weighted by Crippen LogP contribution is -2.33. The molecule has 2 rings (SSSR count). The highest BCUT2D eigenvalue weighted by molar-refractivity contribution is 5.29. The first-order chi connectivity index (χ1) is 8.27. The third kappa shape index (κ3) is 2.50. The van der Waals surface area contributed by atoms with Gasteiger partial charge in [-0.05, 0) is 30.9 Å². The lowest BCUT2D eigenvalue weighted by atomic mass is 9.93. The fraction of sp³-hybridized carbons (Fsp3) is 0.643. The summed E-state index contributed by atoms with van der Waals surface area (Å²) in [5.41, 5.74) is 2.35. The Kier molecular flexibility index (Phi) is 4.13. The molecule has 1 N–H and O–H groups in total. The van der Waals surface area contributed by atoms with Crippen LogP contribution in [0.1, 0.15) is 43.4 Å². The van der Waals surface area contributed by atoms with Gasteiger partial charge >= 0.3 is 0 Å². The number of aromatic nitrogens is 1. The molecule has 17 heavy (non-hydrogen) atoms. The van der Waals surface area contributed by atoms with Gasteiger partial charge in [0.05, 0.1) is 12.2 Å². The summed E-state index contributed by atoms with van der Waals surface area (Å²) in [5, 5.41) is 10.4. The molecule has 0 amide bonds. The van der Waals surface area contributed by atoms with Crippen molar-refractivity contribution in [2.75, 3.05) is 7.11 Å². The first kappa shape index (κ1) is 12.5. The Hall–Kier alpha value is -0.930. The molecule has 1 heterocycles. The fourth-order valence-electron chi connectivity index (χ4n) is 2.75. The first-order valence-corrected chi connectivity index (χ1v) is 6.42. The monoisotopic (exact) mass is 235 g/mol. The molecule has 0 fully saturated rings. The van der Waals surface area contributed by atoms with Crippen LogP contribution in [-0.2, 0) is 11.2 Å². The van der Waals surface area contributed by atoms with Gasteiger partial charge in [-0.2, -0.15) is 0 Å². The second-order valence-electron chi connectivity index (χ2n) is 4.75. The van der Waals surface area contributed by atoms with E-state index in [1.807, 2.05) is 12.3 Å². The molecule has 0 radical (unpaired) electrons. The Morgan fingerprint density at radius 3 is 3.12 bits per heavy atom. The maximum Gasteiger partial charge on any atom is 0.0885 e. The van der Waals surface area contributed by atoms with Crippen LogP contribution in [0.2, 0.25) is 0 Å². The Labute approximate surface area is 103 Å².